The smallest absolute Gasteiger partial charge is 0.106 e. The Balaban J connectivity index is 2.04. The highest BCUT2D eigenvalue weighted by atomic mass is 32.1. The van der Waals surface area contributed by atoms with Gasteiger partial charge in [0.2, 0.25) is 0 Å². The van der Waals surface area contributed by atoms with Crippen LogP contribution < -0.4 is 5.73 Å². The molecule has 1 saturated carbocycles. The highest BCUT2D eigenvalue weighted by molar-refractivity contribution is 7.12. The van der Waals surface area contributed by atoms with Crippen LogP contribution in [0.4, 0.5) is 0 Å². The summed E-state index contributed by atoms with van der Waals surface area (Å²) < 4.78 is 5.16. The lowest BCUT2D eigenvalue weighted by atomic mass is 9.69. The van der Waals surface area contributed by atoms with Gasteiger partial charge < -0.3 is 5.73 Å². The molecule has 2 N–H and O–H groups in total. The van der Waals surface area contributed by atoms with Crippen molar-refractivity contribution in [3.8, 4) is 0 Å². The summed E-state index contributed by atoms with van der Waals surface area (Å²) in [5.41, 5.74) is 8.63. The topological polar surface area (TPSA) is 51.8 Å². The molecule has 90 valence electrons. The number of rotatable bonds is 2. The highest BCUT2D eigenvalue weighted by Crippen LogP contribution is 2.39. The maximum Gasteiger partial charge on any atom is 0.106 e. The van der Waals surface area contributed by atoms with Crippen LogP contribution in [0.5, 0.6) is 0 Å². The third-order valence-corrected chi connectivity index (χ3v) is 4.77. The molecule has 0 spiro atoms. The largest absolute Gasteiger partial charge is 0.330 e. The molecule has 0 amide bonds. The fraction of sp³-hybridized carbons (Fsp3) is 0.538. The van der Waals surface area contributed by atoms with Crippen molar-refractivity contribution in [1.82, 2.24) is 9.59 Å². The predicted octanol–water partition coefficient (Wildman–Crippen LogP) is 2.85. The van der Waals surface area contributed by atoms with E-state index in [1.807, 2.05) is 0 Å². The van der Waals surface area contributed by atoms with Gasteiger partial charge in [0, 0.05) is 12.0 Å². The molecule has 0 saturated heterocycles. The monoisotopic (exact) mass is 247 g/mol. The van der Waals surface area contributed by atoms with Gasteiger partial charge in [0.15, 0.2) is 0 Å². The van der Waals surface area contributed by atoms with Gasteiger partial charge in [-0.15, -0.1) is 5.10 Å². The fourth-order valence-corrected chi connectivity index (χ4v) is 3.49. The van der Waals surface area contributed by atoms with Gasteiger partial charge in [-0.05, 0) is 42.1 Å². The van der Waals surface area contributed by atoms with Gasteiger partial charge in [-0.1, -0.05) is 29.8 Å². The lowest BCUT2D eigenvalue weighted by Crippen LogP contribution is -2.37. The lowest BCUT2D eigenvalue weighted by molar-refractivity contribution is 0.301. The molecule has 0 radical (unpaired) electrons. The minimum absolute atomic E-state index is 0.191. The van der Waals surface area contributed by atoms with Crippen molar-refractivity contribution in [3.63, 3.8) is 0 Å². The summed E-state index contributed by atoms with van der Waals surface area (Å²) in [6.45, 7) is 0.746. The number of nitrogens with zero attached hydrogens (tertiary/aromatic N) is 2. The number of aromatic nitrogens is 2. The molecule has 0 aliphatic heterocycles. The van der Waals surface area contributed by atoms with Gasteiger partial charge >= 0.3 is 0 Å². The Labute approximate surface area is 105 Å². The normalized spacial score (nSPS) is 19.6. The van der Waals surface area contributed by atoms with E-state index in [1.54, 1.807) is 0 Å². The summed E-state index contributed by atoms with van der Waals surface area (Å²) in [5, 5.41) is 4.17. The molecule has 3 rings (SSSR count). The summed E-state index contributed by atoms with van der Waals surface area (Å²) in [6.07, 6.45) is 6.37. The number of benzene rings is 1. The van der Waals surface area contributed by atoms with Crippen LogP contribution in [0, 0.1) is 0 Å². The number of fused-ring (bicyclic) bond motifs is 1. The Morgan fingerprint density at radius 3 is 2.82 bits per heavy atom. The lowest BCUT2D eigenvalue weighted by Gasteiger charge is -2.36. The van der Waals surface area contributed by atoms with Crippen molar-refractivity contribution < 1.29 is 0 Å². The van der Waals surface area contributed by atoms with Crippen LogP contribution >= 0.6 is 11.5 Å². The first-order chi connectivity index (χ1) is 8.34. The van der Waals surface area contributed by atoms with E-state index < -0.39 is 0 Å². The molecule has 1 aliphatic rings. The molecule has 3 nitrogen and oxygen atoms in total. The maximum atomic E-state index is 6.06. The van der Waals surface area contributed by atoms with E-state index in [0.717, 1.165) is 16.8 Å². The SMILES string of the molecule is NCC1(c2ccc3snnc3c2)CCCCC1. The first kappa shape index (κ1) is 11.1. The standard InChI is InChI=1S/C13H17N3S/c14-9-13(6-2-1-3-7-13)10-4-5-12-11(8-10)15-16-17-12/h4-5,8H,1-3,6-7,9,14H2. The van der Waals surface area contributed by atoms with Gasteiger partial charge in [-0.3, -0.25) is 0 Å². The van der Waals surface area contributed by atoms with Gasteiger partial charge in [-0.2, -0.15) is 0 Å². The molecular formula is C13H17N3S. The van der Waals surface area contributed by atoms with E-state index in [0.29, 0.717) is 0 Å². The molecule has 2 aromatic rings. The Bertz CT molecular complexity index is 514. The average Bonchev–Trinajstić information content (AvgIpc) is 2.86. The molecule has 1 fully saturated rings. The molecule has 17 heavy (non-hydrogen) atoms. The molecule has 1 aliphatic carbocycles. The Morgan fingerprint density at radius 1 is 1.24 bits per heavy atom. The Hall–Kier alpha value is -1.00. The number of hydrogen-bond donors (Lipinski definition) is 1. The number of hydrogen-bond acceptors (Lipinski definition) is 4. The van der Waals surface area contributed by atoms with Crippen LogP contribution in [0.3, 0.4) is 0 Å². The minimum Gasteiger partial charge on any atom is -0.330 e. The van der Waals surface area contributed by atoms with Gasteiger partial charge in [-0.25, -0.2) is 0 Å². The zero-order valence-corrected chi connectivity index (χ0v) is 10.7. The Kier molecular flexibility index (Phi) is 2.84. The predicted molar refractivity (Wildman–Crippen MR) is 71.2 cm³/mol. The first-order valence-corrected chi connectivity index (χ1v) is 7.04. The third kappa shape index (κ3) is 1.85. The van der Waals surface area contributed by atoms with Crippen LogP contribution in [-0.4, -0.2) is 16.1 Å². The van der Waals surface area contributed by atoms with Gasteiger partial charge in [0.25, 0.3) is 0 Å². The average molecular weight is 247 g/mol. The number of nitrogens with two attached hydrogens (primary N) is 1. The van der Waals surface area contributed by atoms with Gasteiger partial charge in [0.05, 0.1) is 4.70 Å². The van der Waals surface area contributed by atoms with Crippen molar-refractivity contribution >= 4 is 21.7 Å². The van der Waals surface area contributed by atoms with Crippen LogP contribution in [-0.2, 0) is 5.41 Å². The highest BCUT2D eigenvalue weighted by Gasteiger charge is 2.32. The van der Waals surface area contributed by atoms with Crippen molar-refractivity contribution in [1.29, 1.82) is 0 Å². The van der Waals surface area contributed by atoms with Crippen molar-refractivity contribution in [3.05, 3.63) is 23.8 Å². The summed E-state index contributed by atoms with van der Waals surface area (Å²) >= 11 is 1.46. The quantitative estimate of drug-likeness (QED) is 0.887. The van der Waals surface area contributed by atoms with E-state index in [2.05, 4.69) is 27.8 Å². The van der Waals surface area contributed by atoms with E-state index in [1.165, 1.54) is 49.2 Å². The molecule has 4 heteroatoms. The third-order valence-electron chi connectivity index (χ3n) is 4.06. The summed E-state index contributed by atoms with van der Waals surface area (Å²) in [4.78, 5) is 0. The van der Waals surface area contributed by atoms with Crippen LogP contribution in [0.1, 0.15) is 37.7 Å². The van der Waals surface area contributed by atoms with Crippen LogP contribution in [0.2, 0.25) is 0 Å². The van der Waals surface area contributed by atoms with Gasteiger partial charge in [0.1, 0.15) is 5.52 Å². The molecule has 0 bridgehead atoms. The van der Waals surface area contributed by atoms with Crippen molar-refractivity contribution in [2.45, 2.75) is 37.5 Å². The van der Waals surface area contributed by atoms with E-state index >= 15 is 0 Å². The first-order valence-electron chi connectivity index (χ1n) is 6.27. The zero-order valence-electron chi connectivity index (χ0n) is 9.85. The summed E-state index contributed by atoms with van der Waals surface area (Å²) in [6, 6.07) is 6.55. The fourth-order valence-electron chi connectivity index (χ4n) is 2.95. The Morgan fingerprint density at radius 2 is 2.06 bits per heavy atom. The summed E-state index contributed by atoms with van der Waals surface area (Å²) in [7, 11) is 0. The molecule has 1 heterocycles. The van der Waals surface area contributed by atoms with E-state index in [9.17, 15) is 0 Å². The minimum atomic E-state index is 0.191. The van der Waals surface area contributed by atoms with Crippen molar-refractivity contribution in [2.24, 2.45) is 5.73 Å². The van der Waals surface area contributed by atoms with Crippen LogP contribution in [0.15, 0.2) is 18.2 Å². The second kappa shape index (κ2) is 4.35. The summed E-state index contributed by atoms with van der Waals surface area (Å²) in [5.74, 6) is 0. The van der Waals surface area contributed by atoms with Crippen molar-refractivity contribution in [2.75, 3.05) is 6.54 Å². The molecule has 0 atom stereocenters. The van der Waals surface area contributed by atoms with Crippen LogP contribution in [0.25, 0.3) is 10.2 Å². The molecular weight excluding hydrogens is 230 g/mol. The van der Waals surface area contributed by atoms with E-state index in [-0.39, 0.29) is 5.41 Å². The molecule has 1 aromatic heterocycles. The van der Waals surface area contributed by atoms with E-state index in [4.69, 9.17) is 5.73 Å². The molecule has 0 unspecified atom stereocenters. The molecule has 1 aromatic carbocycles. The maximum absolute atomic E-state index is 6.06. The zero-order chi connectivity index (χ0) is 11.7. The second-order valence-corrected chi connectivity index (χ2v) is 5.79. The second-order valence-electron chi connectivity index (χ2n) is 5.00.